The first-order chi connectivity index (χ1) is 16.2. The minimum absolute atomic E-state index is 0.0355. The first kappa shape index (κ1) is 25.5. The first-order valence-electron chi connectivity index (χ1n) is 11.4. The fraction of sp³-hybridized carbons (Fsp3) is 0.480. The normalized spacial score (nSPS) is 19.1. The smallest absolute Gasteiger partial charge is 0.409 e. The number of nitrogens with zero attached hydrogens (tertiary/aromatic N) is 1. The van der Waals surface area contributed by atoms with E-state index in [0.29, 0.717) is 18.6 Å². The van der Waals surface area contributed by atoms with Crippen LogP contribution in [0.15, 0.2) is 48.8 Å². The standard InChI is InChI=1S/C25H34N4O5/c1-25(2,17-8-6-5-7-9-17)14-19(27-24(32)34-18-10-12-26-15-18)23(31)28-22-20(30)16-33-21(22)11-13-29(3)4/h5-10,12,15,19,21-22,26H,11,13-14,16H2,1-4H3,(H,27,32)(H,28,31)/t19-,21?,22?/m0/s1. The Balaban J connectivity index is 1.75. The van der Waals surface area contributed by atoms with Crippen molar-refractivity contribution in [1.82, 2.24) is 20.5 Å². The molecule has 0 saturated carbocycles. The highest BCUT2D eigenvalue weighted by molar-refractivity contribution is 5.94. The predicted octanol–water partition coefficient (Wildman–Crippen LogP) is 2.24. The Kier molecular flexibility index (Phi) is 8.46. The summed E-state index contributed by atoms with van der Waals surface area (Å²) in [5, 5.41) is 5.52. The maximum Gasteiger partial charge on any atom is 0.413 e. The molecule has 9 nitrogen and oxygen atoms in total. The van der Waals surface area contributed by atoms with Crippen LogP contribution in [0, 0.1) is 0 Å². The SMILES string of the molecule is CN(C)CCC1OCC(=O)C1NC(=O)[C@H](CC(C)(C)c1ccccc1)NC(=O)Oc1cc[nH]c1. The number of carbonyl (C=O) groups is 3. The van der Waals surface area contributed by atoms with Crippen molar-refractivity contribution >= 4 is 17.8 Å². The lowest BCUT2D eigenvalue weighted by molar-refractivity contribution is -0.128. The molecule has 3 N–H and O–H groups in total. The molecule has 2 heterocycles. The van der Waals surface area contributed by atoms with Gasteiger partial charge in [-0.25, -0.2) is 4.79 Å². The van der Waals surface area contributed by atoms with E-state index in [-0.39, 0.29) is 12.4 Å². The third kappa shape index (κ3) is 6.91. The highest BCUT2D eigenvalue weighted by atomic mass is 16.6. The quantitative estimate of drug-likeness (QED) is 0.491. The third-order valence-corrected chi connectivity index (χ3v) is 5.98. The van der Waals surface area contributed by atoms with Gasteiger partial charge in [0, 0.05) is 18.9 Å². The lowest BCUT2D eigenvalue weighted by atomic mass is 9.79. The summed E-state index contributed by atoms with van der Waals surface area (Å²) in [7, 11) is 3.87. The number of carbonyl (C=O) groups excluding carboxylic acids is 3. The molecule has 1 aromatic carbocycles. The Morgan fingerprint density at radius 1 is 1.24 bits per heavy atom. The molecule has 0 bridgehead atoms. The largest absolute Gasteiger partial charge is 0.413 e. The van der Waals surface area contributed by atoms with Crippen LogP contribution in [0.2, 0.25) is 0 Å². The van der Waals surface area contributed by atoms with Crippen molar-refractivity contribution < 1.29 is 23.9 Å². The van der Waals surface area contributed by atoms with E-state index >= 15 is 0 Å². The number of amides is 2. The zero-order chi connectivity index (χ0) is 24.7. The summed E-state index contributed by atoms with van der Waals surface area (Å²) in [5.74, 6) is -0.288. The highest BCUT2D eigenvalue weighted by Gasteiger charge is 2.39. The average Bonchev–Trinajstić information content (AvgIpc) is 3.42. The molecule has 2 amide bonds. The molecule has 0 spiro atoms. The van der Waals surface area contributed by atoms with Crippen molar-refractivity contribution in [1.29, 1.82) is 0 Å². The van der Waals surface area contributed by atoms with Gasteiger partial charge in [-0.05, 0) is 44.0 Å². The minimum atomic E-state index is -0.926. The maximum atomic E-state index is 13.4. The number of rotatable bonds is 10. The summed E-state index contributed by atoms with van der Waals surface area (Å²) in [6.45, 7) is 4.69. The van der Waals surface area contributed by atoms with Crippen LogP contribution < -0.4 is 15.4 Å². The summed E-state index contributed by atoms with van der Waals surface area (Å²) in [6, 6.07) is 9.69. The second-order valence-electron chi connectivity index (χ2n) is 9.48. The molecule has 9 heteroatoms. The van der Waals surface area contributed by atoms with Crippen molar-refractivity contribution in [2.24, 2.45) is 0 Å². The zero-order valence-corrected chi connectivity index (χ0v) is 20.2. The Morgan fingerprint density at radius 3 is 2.62 bits per heavy atom. The number of nitrogens with one attached hydrogen (secondary N) is 3. The number of hydrogen-bond donors (Lipinski definition) is 3. The summed E-state index contributed by atoms with van der Waals surface area (Å²) in [4.78, 5) is 43.2. The van der Waals surface area contributed by atoms with E-state index in [0.717, 1.165) is 12.1 Å². The second-order valence-corrected chi connectivity index (χ2v) is 9.48. The van der Waals surface area contributed by atoms with Crippen LogP contribution in [0.3, 0.4) is 0 Å². The second kappa shape index (κ2) is 11.3. The molecule has 1 aliphatic heterocycles. The van der Waals surface area contributed by atoms with Gasteiger partial charge in [-0.2, -0.15) is 0 Å². The first-order valence-corrected chi connectivity index (χ1v) is 11.4. The van der Waals surface area contributed by atoms with Gasteiger partial charge in [0.05, 0.1) is 6.10 Å². The molecule has 3 atom stereocenters. The average molecular weight is 471 g/mol. The number of benzene rings is 1. The van der Waals surface area contributed by atoms with Gasteiger partial charge in [0.1, 0.15) is 24.4 Å². The van der Waals surface area contributed by atoms with Crippen LogP contribution >= 0.6 is 0 Å². The molecule has 34 heavy (non-hydrogen) atoms. The molecule has 0 aliphatic carbocycles. The molecular formula is C25H34N4O5. The van der Waals surface area contributed by atoms with E-state index in [4.69, 9.17) is 9.47 Å². The minimum Gasteiger partial charge on any atom is -0.409 e. The number of ether oxygens (including phenoxy) is 2. The van der Waals surface area contributed by atoms with Crippen LogP contribution in [-0.2, 0) is 19.7 Å². The number of hydrogen-bond acceptors (Lipinski definition) is 6. The van der Waals surface area contributed by atoms with Gasteiger partial charge in [-0.3, -0.25) is 9.59 Å². The lowest BCUT2D eigenvalue weighted by Crippen LogP contribution is -2.55. The van der Waals surface area contributed by atoms with E-state index in [1.165, 1.54) is 6.20 Å². The summed E-state index contributed by atoms with van der Waals surface area (Å²) >= 11 is 0. The molecule has 1 saturated heterocycles. The van der Waals surface area contributed by atoms with E-state index in [1.54, 1.807) is 12.3 Å². The van der Waals surface area contributed by atoms with Gasteiger partial charge in [-0.15, -0.1) is 0 Å². The van der Waals surface area contributed by atoms with Gasteiger partial charge in [-0.1, -0.05) is 44.2 Å². The van der Waals surface area contributed by atoms with Crippen LogP contribution in [0.4, 0.5) is 4.79 Å². The number of aromatic nitrogens is 1. The van der Waals surface area contributed by atoms with Crippen LogP contribution in [0.5, 0.6) is 5.75 Å². The van der Waals surface area contributed by atoms with Gasteiger partial charge < -0.3 is 30.0 Å². The monoisotopic (exact) mass is 470 g/mol. The van der Waals surface area contributed by atoms with Crippen molar-refractivity contribution in [2.75, 3.05) is 27.2 Å². The van der Waals surface area contributed by atoms with Gasteiger partial charge in [0.25, 0.3) is 0 Å². The topological polar surface area (TPSA) is 113 Å². The summed E-state index contributed by atoms with van der Waals surface area (Å²) < 4.78 is 10.9. The van der Waals surface area contributed by atoms with E-state index in [1.807, 2.05) is 63.2 Å². The Bertz CT molecular complexity index is 959. The van der Waals surface area contributed by atoms with Crippen LogP contribution in [-0.4, -0.2) is 73.1 Å². The molecule has 2 aromatic rings. The van der Waals surface area contributed by atoms with Gasteiger partial charge >= 0.3 is 6.09 Å². The van der Waals surface area contributed by atoms with Crippen LogP contribution in [0.25, 0.3) is 0 Å². The van der Waals surface area contributed by atoms with Crippen molar-refractivity contribution in [3.05, 3.63) is 54.4 Å². The van der Waals surface area contributed by atoms with Crippen LogP contribution in [0.1, 0.15) is 32.3 Å². The van der Waals surface area contributed by atoms with Gasteiger partial charge in [0.2, 0.25) is 5.91 Å². The molecule has 1 fully saturated rings. The van der Waals surface area contributed by atoms with E-state index in [2.05, 4.69) is 15.6 Å². The number of aromatic amines is 1. The van der Waals surface area contributed by atoms with Crippen molar-refractivity contribution in [3.8, 4) is 5.75 Å². The predicted molar refractivity (Wildman–Crippen MR) is 128 cm³/mol. The molecule has 0 radical (unpaired) electrons. The van der Waals surface area contributed by atoms with E-state index < -0.39 is 35.6 Å². The number of Topliss-reactive ketones (excluding diaryl/α,β-unsaturated/α-hetero) is 1. The molecular weight excluding hydrogens is 436 g/mol. The van der Waals surface area contributed by atoms with Gasteiger partial charge in [0.15, 0.2) is 5.78 Å². The number of H-pyrrole nitrogens is 1. The Hall–Kier alpha value is -3.17. The summed E-state index contributed by atoms with van der Waals surface area (Å²) in [6.07, 6.45) is 2.91. The molecule has 3 rings (SSSR count). The highest BCUT2D eigenvalue weighted by Crippen LogP contribution is 2.28. The fourth-order valence-electron chi connectivity index (χ4n) is 4.02. The van der Waals surface area contributed by atoms with Crippen molar-refractivity contribution in [3.63, 3.8) is 0 Å². The molecule has 1 aliphatic rings. The molecule has 1 aromatic heterocycles. The zero-order valence-electron chi connectivity index (χ0n) is 20.2. The molecule has 184 valence electrons. The lowest BCUT2D eigenvalue weighted by Gasteiger charge is -2.31. The third-order valence-electron chi connectivity index (χ3n) is 5.98. The fourth-order valence-corrected chi connectivity index (χ4v) is 4.02. The molecule has 2 unspecified atom stereocenters. The number of ketones is 1. The Morgan fingerprint density at radius 2 is 1.97 bits per heavy atom. The Labute approximate surface area is 200 Å². The summed E-state index contributed by atoms with van der Waals surface area (Å²) in [5.41, 5.74) is 0.586. The van der Waals surface area contributed by atoms with E-state index in [9.17, 15) is 14.4 Å². The van der Waals surface area contributed by atoms with Crippen molar-refractivity contribution in [2.45, 2.75) is 50.3 Å². The maximum absolute atomic E-state index is 13.4.